The molecular formula is C12H11ClN2O3. The van der Waals surface area contributed by atoms with Crippen LogP contribution in [0, 0.1) is 6.92 Å². The highest BCUT2D eigenvalue weighted by atomic mass is 35.5. The number of benzene rings is 1. The zero-order chi connectivity index (χ0) is 13.3. The minimum atomic E-state index is -0.545. The Morgan fingerprint density at radius 3 is 2.67 bits per heavy atom. The highest BCUT2D eigenvalue weighted by molar-refractivity contribution is 6.30. The molecule has 0 fully saturated rings. The lowest BCUT2D eigenvalue weighted by Crippen LogP contribution is -2.27. The number of nitrogens with one attached hydrogen (secondary N) is 2. The van der Waals surface area contributed by atoms with E-state index in [0.717, 1.165) is 0 Å². The first-order valence-corrected chi connectivity index (χ1v) is 5.64. The number of phenolic OH excluding ortho intramolecular Hbond substituents is 1. The van der Waals surface area contributed by atoms with E-state index in [1.165, 1.54) is 6.07 Å². The van der Waals surface area contributed by atoms with Crippen molar-refractivity contribution in [1.29, 1.82) is 0 Å². The maximum absolute atomic E-state index is 11.7. The van der Waals surface area contributed by atoms with Gasteiger partial charge in [-0.15, -0.1) is 0 Å². The van der Waals surface area contributed by atoms with Gasteiger partial charge in [0, 0.05) is 22.7 Å². The van der Waals surface area contributed by atoms with Gasteiger partial charge in [0.2, 0.25) is 0 Å². The van der Waals surface area contributed by atoms with Crippen LogP contribution in [0.2, 0.25) is 5.02 Å². The van der Waals surface area contributed by atoms with Crippen molar-refractivity contribution in [3.8, 4) is 5.75 Å². The maximum atomic E-state index is 11.7. The minimum absolute atomic E-state index is 0.0596. The lowest BCUT2D eigenvalue weighted by atomic mass is 10.0. The SMILES string of the molecule is Cc1[nH]c(=O)[nH]c(=O)c1Cc1cc(Cl)ccc1O. The Bertz CT molecular complexity index is 703. The molecule has 0 atom stereocenters. The number of hydrogen-bond donors (Lipinski definition) is 3. The molecule has 6 heteroatoms. The topological polar surface area (TPSA) is 86.0 Å². The van der Waals surface area contributed by atoms with Gasteiger partial charge in [0.15, 0.2) is 0 Å². The molecule has 2 rings (SSSR count). The highest BCUT2D eigenvalue weighted by Crippen LogP contribution is 2.23. The van der Waals surface area contributed by atoms with Gasteiger partial charge in [0.25, 0.3) is 5.56 Å². The van der Waals surface area contributed by atoms with Crippen LogP contribution in [0.1, 0.15) is 16.8 Å². The molecule has 1 heterocycles. The molecule has 0 radical (unpaired) electrons. The average Bonchev–Trinajstić information content (AvgIpc) is 2.28. The average molecular weight is 267 g/mol. The molecule has 3 N–H and O–H groups in total. The molecule has 18 heavy (non-hydrogen) atoms. The van der Waals surface area contributed by atoms with Gasteiger partial charge in [-0.1, -0.05) is 11.6 Å². The smallest absolute Gasteiger partial charge is 0.325 e. The summed E-state index contributed by atoms with van der Waals surface area (Å²) in [4.78, 5) is 27.4. The Balaban J connectivity index is 2.49. The van der Waals surface area contributed by atoms with E-state index in [1.54, 1.807) is 19.1 Å². The largest absolute Gasteiger partial charge is 0.508 e. The van der Waals surface area contributed by atoms with E-state index in [4.69, 9.17) is 11.6 Å². The van der Waals surface area contributed by atoms with Gasteiger partial charge in [-0.25, -0.2) is 4.79 Å². The van der Waals surface area contributed by atoms with Crippen molar-refractivity contribution in [2.24, 2.45) is 0 Å². The molecule has 0 spiro atoms. The number of aromatic hydroxyl groups is 1. The van der Waals surface area contributed by atoms with Gasteiger partial charge in [-0.3, -0.25) is 9.78 Å². The summed E-state index contributed by atoms with van der Waals surface area (Å²) in [5.74, 6) is 0.0596. The van der Waals surface area contributed by atoms with Gasteiger partial charge < -0.3 is 10.1 Å². The summed E-state index contributed by atoms with van der Waals surface area (Å²) >= 11 is 5.83. The number of H-pyrrole nitrogens is 2. The standard InChI is InChI=1S/C12H11ClN2O3/c1-6-9(11(17)15-12(18)14-6)5-7-4-8(13)2-3-10(7)16/h2-4,16H,5H2,1H3,(H2,14,15,17,18). The predicted octanol–water partition coefficient (Wildman–Crippen LogP) is 1.32. The van der Waals surface area contributed by atoms with E-state index in [-0.39, 0.29) is 12.2 Å². The van der Waals surface area contributed by atoms with E-state index < -0.39 is 11.2 Å². The third-order valence-corrected chi connectivity index (χ3v) is 2.90. The molecule has 0 bridgehead atoms. The number of aromatic nitrogens is 2. The van der Waals surface area contributed by atoms with Crippen LogP contribution in [-0.2, 0) is 6.42 Å². The van der Waals surface area contributed by atoms with Gasteiger partial charge >= 0.3 is 5.69 Å². The van der Waals surface area contributed by atoms with Crippen molar-refractivity contribution in [3.05, 3.63) is 60.9 Å². The van der Waals surface area contributed by atoms with E-state index >= 15 is 0 Å². The van der Waals surface area contributed by atoms with Gasteiger partial charge in [-0.2, -0.15) is 0 Å². The molecule has 0 saturated heterocycles. The van der Waals surface area contributed by atoms with Crippen molar-refractivity contribution < 1.29 is 5.11 Å². The predicted molar refractivity (Wildman–Crippen MR) is 68.3 cm³/mol. The monoisotopic (exact) mass is 266 g/mol. The molecule has 2 aromatic rings. The number of halogens is 1. The number of aromatic amines is 2. The van der Waals surface area contributed by atoms with Crippen LogP contribution in [0.15, 0.2) is 27.8 Å². The maximum Gasteiger partial charge on any atom is 0.325 e. The second kappa shape index (κ2) is 4.70. The van der Waals surface area contributed by atoms with Crippen LogP contribution in [0.3, 0.4) is 0 Å². The van der Waals surface area contributed by atoms with Crippen molar-refractivity contribution in [3.63, 3.8) is 0 Å². The number of rotatable bonds is 2. The fourth-order valence-corrected chi connectivity index (χ4v) is 1.92. The molecule has 0 amide bonds. The zero-order valence-corrected chi connectivity index (χ0v) is 10.3. The van der Waals surface area contributed by atoms with E-state index in [1.807, 2.05) is 0 Å². The van der Waals surface area contributed by atoms with E-state index in [9.17, 15) is 14.7 Å². The molecule has 5 nitrogen and oxygen atoms in total. The summed E-state index contributed by atoms with van der Waals surface area (Å²) in [6, 6.07) is 4.61. The minimum Gasteiger partial charge on any atom is -0.508 e. The first-order valence-electron chi connectivity index (χ1n) is 5.27. The summed E-state index contributed by atoms with van der Waals surface area (Å²) in [7, 11) is 0. The summed E-state index contributed by atoms with van der Waals surface area (Å²) in [5, 5.41) is 10.2. The van der Waals surface area contributed by atoms with Crippen molar-refractivity contribution in [2.75, 3.05) is 0 Å². The van der Waals surface area contributed by atoms with Crippen LogP contribution in [0.25, 0.3) is 0 Å². The fraction of sp³-hybridized carbons (Fsp3) is 0.167. The fourth-order valence-electron chi connectivity index (χ4n) is 1.72. The van der Waals surface area contributed by atoms with Crippen LogP contribution < -0.4 is 11.2 Å². The summed E-state index contributed by atoms with van der Waals surface area (Å²) < 4.78 is 0. The molecule has 0 unspecified atom stereocenters. The second-order valence-corrected chi connectivity index (χ2v) is 4.40. The molecule has 0 aliphatic rings. The third-order valence-electron chi connectivity index (χ3n) is 2.66. The lowest BCUT2D eigenvalue weighted by molar-refractivity contribution is 0.469. The van der Waals surface area contributed by atoms with Crippen molar-refractivity contribution >= 4 is 11.6 Å². The quantitative estimate of drug-likeness (QED) is 0.766. The Labute approximate surface area is 107 Å². The number of hydrogen-bond acceptors (Lipinski definition) is 3. The lowest BCUT2D eigenvalue weighted by Gasteiger charge is -2.06. The molecule has 0 aliphatic heterocycles. The summed E-state index contributed by atoms with van der Waals surface area (Å²) in [6.45, 7) is 1.63. The first-order chi connectivity index (χ1) is 8.47. The molecular weight excluding hydrogens is 256 g/mol. The van der Waals surface area contributed by atoms with Gasteiger partial charge in [-0.05, 0) is 30.7 Å². The van der Waals surface area contributed by atoms with Crippen LogP contribution in [0.4, 0.5) is 0 Å². The van der Waals surface area contributed by atoms with Crippen molar-refractivity contribution in [1.82, 2.24) is 9.97 Å². The molecule has 0 aliphatic carbocycles. The molecule has 94 valence electrons. The van der Waals surface area contributed by atoms with E-state index in [2.05, 4.69) is 9.97 Å². The van der Waals surface area contributed by atoms with Gasteiger partial charge in [0.1, 0.15) is 5.75 Å². The Kier molecular flexibility index (Phi) is 3.25. The number of phenols is 1. The second-order valence-electron chi connectivity index (χ2n) is 3.96. The van der Waals surface area contributed by atoms with Crippen molar-refractivity contribution in [2.45, 2.75) is 13.3 Å². The summed E-state index contributed by atoms with van der Waals surface area (Å²) in [6.07, 6.45) is 0.199. The van der Waals surface area contributed by atoms with Crippen LogP contribution in [-0.4, -0.2) is 15.1 Å². The number of aryl methyl sites for hydroxylation is 1. The summed E-state index contributed by atoms with van der Waals surface area (Å²) in [5.41, 5.74) is 0.394. The van der Waals surface area contributed by atoms with Crippen LogP contribution >= 0.6 is 11.6 Å². The normalized spacial score (nSPS) is 10.6. The van der Waals surface area contributed by atoms with Crippen LogP contribution in [0.5, 0.6) is 5.75 Å². The molecule has 1 aromatic heterocycles. The Hall–Kier alpha value is -2.01. The Morgan fingerprint density at radius 2 is 2.00 bits per heavy atom. The highest BCUT2D eigenvalue weighted by Gasteiger charge is 2.10. The zero-order valence-electron chi connectivity index (χ0n) is 9.58. The van der Waals surface area contributed by atoms with E-state index in [0.29, 0.717) is 21.8 Å². The molecule has 1 aromatic carbocycles. The van der Waals surface area contributed by atoms with Gasteiger partial charge in [0.05, 0.1) is 0 Å². The first kappa shape index (κ1) is 12.4. The third kappa shape index (κ3) is 2.46. The molecule has 0 saturated carbocycles. The Morgan fingerprint density at radius 1 is 1.28 bits per heavy atom.